The molecular weight excluding hydrogens is 369 g/mol. The van der Waals surface area contributed by atoms with Crippen LogP contribution in [-0.2, 0) is 0 Å². The second-order valence-corrected chi connectivity index (χ2v) is 6.61. The quantitative estimate of drug-likeness (QED) is 0.627. The van der Waals surface area contributed by atoms with Gasteiger partial charge in [0.1, 0.15) is 5.75 Å². The van der Waals surface area contributed by atoms with Crippen molar-refractivity contribution in [3.05, 3.63) is 99.5 Å². The molecule has 0 aliphatic carbocycles. The summed E-state index contributed by atoms with van der Waals surface area (Å²) in [4.78, 5) is 12.7. The fraction of sp³-hybridized carbons (Fsp3) is 0.0952. The minimum Gasteiger partial charge on any atom is -0.497 e. The summed E-state index contributed by atoms with van der Waals surface area (Å²) in [6, 6.07) is 21.5. The molecule has 0 radical (unpaired) electrons. The average molecular weight is 386 g/mol. The summed E-state index contributed by atoms with van der Waals surface area (Å²) in [5, 5.41) is 4.36. The number of carbonyl (C=O) groups is 1. The second-order valence-electron chi connectivity index (χ2n) is 5.74. The molecular formula is C21H17Cl2NO2. The van der Waals surface area contributed by atoms with Crippen LogP contribution in [0.3, 0.4) is 0 Å². The summed E-state index contributed by atoms with van der Waals surface area (Å²) < 4.78 is 5.13. The molecule has 1 amide bonds. The first-order valence-electron chi connectivity index (χ1n) is 8.02. The smallest absolute Gasteiger partial charge is 0.252 e. The van der Waals surface area contributed by atoms with Crippen LogP contribution in [0.2, 0.25) is 10.0 Å². The fourth-order valence-electron chi connectivity index (χ4n) is 2.63. The van der Waals surface area contributed by atoms with Crippen molar-refractivity contribution in [3.63, 3.8) is 0 Å². The van der Waals surface area contributed by atoms with E-state index >= 15 is 0 Å². The van der Waals surface area contributed by atoms with Crippen LogP contribution in [0.5, 0.6) is 5.75 Å². The van der Waals surface area contributed by atoms with Gasteiger partial charge in [-0.1, -0.05) is 47.5 Å². The molecule has 0 saturated heterocycles. The van der Waals surface area contributed by atoms with E-state index in [1.807, 2.05) is 24.3 Å². The second kappa shape index (κ2) is 8.26. The molecule has 3 aromatic carbocycles. The molecule has 26 heavy (non-hydrogen) atoms. The summed E-state index contributed by atoms with van der Waals surface area (Å²) in [6.45, 7) is 0. The summed E-state index contributed by atoms with van der Waals surface area (Å²) >= 11 is 12.0. The monoisotopic (exact) mass is 385 g/mol. The molecule has 0 saturated carbocycles. The maximum Gasteiger partial charge on any atom is 0.252 e. The van der Waals surface area contributed by atoms with Gasteiger partial charge >= 0.3 is 0 Å². The molecule has 0 aliphatic rings. The van der Waals surface area contributed by atoms with Crippen molar-refractivity contribution in [3.8, 4) is 5.75 Å². The lowest BCUT2D eigenvalue weighted by Crippen LogP contribution is -2.29. The first kappa shape index (κ1) is 18.3. The lowest BCUT2D eigenvalue weighted by atomic mass is 9.98. The van der Waals surface area contributed by atoms with Gasteiger partial charge in [0.15, 0.2) is 0 Å². The number of nitrogens with one attached hydrogen (secondary N) is 1. The lowest BCUT2D eigenvalue weighted by molar-refractivity contribution is 0.0943. The van der Waals surface area contributed by atoms with Gasteiger partial charge in [-0.15, -0.1) is 0 Å². The molecule has 0 heterocycles. The number of hydrogen-bond acceptors (Lipinski definition) is 2. The highest BCUT2D eigenvalue weighted by Gasteiger charge is 2.18. The van der Waals surface area contributed by atoms with E-state index in [9.17, 15) is 4.79 Å². The van der Waals surface area contributed by atoms with E-state index in [4.69, 9.17) is 27.9 Å². The topological polar surface area (TPSA) is 38.3 Å². The van der Waals surface area contributed by atoms with Gasteiger partial charge in [-0.25, -0.2) is 0 Å². The Morgan fingerprint density at radius 1 is 0.808 bits per heavy atom. The van der Waals surface area contributed by atoms with Crippen LogP contribution < -0.4 is 10.1 Å². The molecule has 3 rings (SSSR count). The molecule has 0 fully saturated rings. The van der Waals surface area contributed by atoms with Crippen molar-refractivity contribution in [2.75, 3.05) is 7.11 Å². The lowest BCUT2D eigenvalue weighted by Gasteiger charge is -2.20. The summed E-state index contributed by atoms with van der Waals surface area (Å²) in [5.41, 5.74) is 2.41. The van der Waals surface area contributed by atoms with Gasteiger partial charge in [0, 0.05) is 15.6 Å². The van der Waals surface area contributed by atoms with Crippen LogP contribution in [0.25, 0.3) is 0 Å². The van der Waals surface area contributed by atoms with Crippen LogP contribution in [-0.4, -0.2) is 13.0 Å². The number of rotatable bonds is 5. The van der Waals surface area contributed by atoms with E-state index in [0.717, 1.165) is 11.1 Å². The molecule has 0 spiro atoms. The van der Waals surface area contributed by atoms with Crippen molar-refractivity contribution in [2.24, 2.45) is 0 Å². The molecule has 1 N–H and O–H groups in total. The summed E-state index contributed by atoms with van der Waals surface area (Å²) in [6.07, 6.45) is 0. The maximum atomic E-state index is 12.7. The predicted octanol–water partition coefficient (Wildman–Crippen LogP) is 5.52. The molecule has 0 aliphatic heterocycles. The number of carbonyl (C=O) groups excluding carboxylic acids is 1. The average Bonchev–Trinajstić information content (AvgIpc) is 2.67. The Bertz CT molecular complexity index is 830. The van der Waals surface area contributed by atoms with E-state index in [0.29, 0.717) is 21.4 Å². The van der Waals surface area contributed by atoms with Crippen LogP contribution >= 0.6 is 23.2 Å². The van der Waals surface area contributed by atoms with E-state index in [2.05, 4.69) is 5.32 Å². The SMILES string of the molecule is COc1ccc(C(=O)NC(c2ccc(Cl)cc2)c2ccc(Cl)cc2)cc1. The zero-order chi connectivity index (χ0) is 18.5. The molecule has 3 aromatic rings. The molecule has 5 heteroatoms. The minimum atomic E-state index is -0.320. The van der Waals surface area contributed by atoms with Gasteiger partial charge in [-0.05, 0) is 59.7 Å². The number of ether oxygens (including phenoxy) is 1. The first-order chi connectivity index (χ1) is 12.6. The van der Waals surface area contributed by atoms with Gasteiger partial charge in [0.2, 0.25) is 0 Å². The zero-order valence-electron chi connectivity index (χ0n) is 14.1. The molecule has 0 bridgehead atoms. The fourth-order valence-corrected chi connectivity index (χ4v) is 2.88. The van der Waals surface area contributed by atoms with Crippen molar-refractivity contribution in [2.45, 2.75) is 6.04 Å². The largest absolute Gasteiger partial charge is 0.497 e. The maximum absolute atomic E-state index is 12.7. The number of hydrogen-bond donors (Lipinski definition) is 1. The van der Waals surface area contributed by atoms with Crippen molar-refractivity contribution < 1.29 is 9.53 Å². The van der Waals surface area contributed by atoms with Crippen molar-refractivity contribution >= 4 is 29.1 Å². The van der Waals surface area contributed by atoms with Gasteiger partial charge < -0.3 is 10.1 Å². The Kier molecular flexibility index (Phi) is 5.82. The third-order valence-corrected chi connectivity index (χ3v) is 4.54. The molecule has 0 unspecified atom stereocenters. The third-order valence-electron chi connectivity index (χ3n) is 4.03. The predicted molar refractivity (Wildman–Crippen MR) is 105 cm³/mol. The standard InChI is InChI=1S/C21H17Cl2NO2/c1-26-19-12-6-16(7-13-19)21(25)24-20(14-2-8-17(22)9-3-14)15-4-10-18(23)11-5-15/h2-13,20H,1H3,(H,24,25). The zero-order valence-corrected chi connectivity index (χ0v) is 15.6. The van der Waals surface area contributed by atoms with E-state index in [-0.39, 0.29) is 11.9 Å². The summed E-state index contributed by atoms with van der Waals surface area (Å²) in [7, 11) is 1.59. The molecule has 3 nitrogen and oxygen atoms in total. The van der Waals surface area contributed by atoms with Gasteiger partial charge in [0.05, 0.1) is 13.2 Å². The molecule has 0 aromatic heterocycles. The number of benzene rings is 3. The van der Waals surface area contributed by atoms with Crippen LogP contribution in [0.15, 0.2) is 72.8 Å². The Labute approximate surface area is 162 Å². The Balaban J connectivity index is 1.90. The highest BCUT2D eigenvalue weighted by molar-refractivity contribution is 6.30. The molecule has 0 atom stereocenters. The highest BCUT2D eigenvalue weighted by atomic mass is 35.5. The molecule has 132 valence electrons. The Morgan fingerprint density at radius 3 is 1.69 bits per heavy atom. The normalized spacial score (nSPS) is 10.6. The summed E-state index contributed by atoms with van der Waals surface area (Å²) in [5.74, 6) is 0.524. The Morgan fingerprint density at radius 2 is 1.27 bits per heavy atom. The van der Waals surface area contributed by atoms with Gasteiger partial charge in [0.25, 0.3) is 5.91 Å². The van der Waals surface area contributed by atoms with Crippen molar-refractivity contribution in [1.82, 2.24) is 5.32 Å². The minimum absolute atomic E-state index is 0.178. The number of halogens is 2. The number of amides is 1. The van der Waals surface area contributed by atoms with E-state index < -0.39 is 0 Å². The van der Waals surface area contributed by atoms with Crippen LogP contribution in [0.4, 0.5) is 0 Å². The van der Waals surface area contributed by atoms with Gasteiger partial charge in [-0.2, -0.15) is 0 Å². The van der Waals surface area contributed by atoms with Crippen LogP contribution in [0, 0.1) is 0 Å². The number of methoxy groups -OCH3 is 1. The Hall–Kier alpha value is -2.49. The van der Waals surface area contributed by atoms with Crippen LogP contribution in [0.1, 0.15) is 27.5 Å². The third kappa shape index (κ3) is 4.37. The van der Waals surface area contributed by atoms with Crippen molar-refractivity contribution in [1.29, 1.82) is 0 Å². The first-order valence-corrected chi connectivity index (χ1v) is 8.78. The van der Waals surface area contributed by atoms with E-state index in [1.54, 1.807) is 55.6 Å². The van der Waals surface area contributed by atoms with Gasteiger partial charge in [-0.3, -0.25) is 4.79 Å². The highest BCUT2D eigenvalue weighted by Crippen LogP contribution is 2.25. The van der Waals surface area contributed by atoms with E-state index in [1.165, 1.54) is 0 Å².